The fourth-order valence-corrected chi connectivity index (χ4v) is 5.18. The second kappa shape index (κ2) is 7.98. The third-order valence-electron chi connectivity index (χ3n) is 5.42. The monoisotopic (exact) mass is 421 g/mol. The van der Waals surface area contributed by atoms with Crippen molar-refractivity contribution in [2.24, 2.45) is 0 Å². The number of hydrogen-bond donors (Lipinski definition) is 0. The van der Waals surface area contributed by atoms with Gasteiger partial charge >= 0.3 is 5.97 Å². The zero-order valence-electron chi connectivity index (χ0n) is 17.0. The van der Waals surface area contributed by atoms with Gasteiger partial charge in [0.2, 0.25) is 0 Å². The quantitative estimate of drug-likeness (QED) is 0.343. The Bertz CT molecular complexity index is 1280. The Balaban J connectivity index is 1.98. The molecule has 0 spiro atoms. The van der Waals surface area contributed by atoms with E-state index >= 15 is 0 Å². The highest BCUT2D eigenvalue weighted by Gasteiger charge is 2.25. The maximum absolute atomic E-state index is 13.4. The smallest absolute Gasteiger partial charge is 0.346 e. The number of benzene rings is 2. The highest BCUT2D eigenvalue weighted by atomic mass is 32.2. The summed E-state index contributed by atoms with van der Waals surface area (Å²) in [6, 6.07) is 13.9. The van der Waals surface area contributed by atoms with Gasteiger partial charge in [0.05, 0.1) is 17.5 Å². The average Bonchev–Trinajstić information content (AvgIpc) is 3.40. The molecule has 0 aliphatic heterocycles. The lowest BCUT2D eigenvalue weighted by Gasteiger charge is -2.07. The summed E-state index contributed by atoms with van der Waals surface area (Å²) in [4.78, 5) is 12.8. The highest BCUT2D eigenvalue weighted by Crippen LogP contribution is 2.32. The van der Waals surface area contributed by atoms with Gasteiger partial charge in [-0.25, -0.2) is 17.2 Å². The van der Waals surface area contributed by atoms with Gasteiger partial charge < -0.3 is 4.74 Å². The summed E-state index contributed by atoms with van der Waals surface area (Å²) >= 11 is 0. The molecule has 30 heavy (non-hydrogen) atoms. The Morgan fingerprint density at radius 1 is 1.03 bits per heavy atom. The number of esters is 1. The van der Waals surface area contributed by atoms with Crippen molar-refractivity contribution in [1.29, 1.82) is 0 Å². The van der Waals surface area contributed by atoms with Gasteiger partial charge in [-0.05, 0) is 56.4 Å². The predicted molar refractivity (Wildman–Crippen MR) is 117 cm³/mol. The summed E-state index contributed by atoms with van der Waals surface area (Å²) < 4.78 is 33.0. The number of carbonyl (C=O) groups is 1. The molecule has 0 amide bonds. The molecule has 1 aliphatic rings. The van der Waals surface area contributed by atoms with Crippen LogP contribution in [0.15, 0.2) is 70.9 Å². The molecule has 1 heterocycles. The minimum atomic E-state index is -3.84. The number of ether oxygens (including phenoxy) is 1. The van der Waals surface area contributed by atoms with E-state index in [2.05, 4.69) is 5.73 Å². The summed E-state index contributed by atoms with van der Waals surface area (Å²) in [5, 5.41) is 0.666. The average molecular weight is 422 g/mol. The van der Waals surface area contributed by atoms with Crippen molar-refractivity contribution in [1.82, 2.24) is 3.97 Å². The van der Waals surface area contributed by atoms with Crippen molar-refractivity contribution in [3.8, 4) is 0 Å². The maximum Gasteiger partial charge on any atom is 0.346 e. The minimum absolute atomic E-state index is 0.193. The second-order valence-corrected chi connectivity index (χ2v) is 9.29. The van der Waals surface area contributed by atoms with Gasteiger partial charge in [0.15, 0.2) is 0 Å². The molecule has 6 heteroatoms. The van der Waals surface area contributed by atoms with E-state index in [-0.39, 0.29) is 10.5 Å². The van der Waals surface area contributed by atoms with Crippen LogP contribution in [0.4, 0.5) is 0 Å². The van der Waals surface area contributed by atoms with Crippen LogP contribution in [0.3, 0.4) is 0 Å². The van der Waals surface area contributed by atoms with Crippen LogP contribution in [-0.4, -0.2) is 25.5 Å². The largest absolute Gasteiger partial charge is 0.465 e. The summed E-state index contributed by atoms with van der Waals surface area (Å²) in [7, 11) is -2.51. The van der Waals surface area contributed by atoms with E-state index < -0.39 is 16.0 Å². The van der Waals surface area contributed by atoms with Gasteiger partial charge in [0.25, 0.3) is 10.0 Å². The van der Waals surface area contributed by atoms with Crippen molar-refractivity contribution < 1.29 is 17.9 Å². The topological polar surface area (TPSA) is 65.4 Å². The van der Waals surface area contributed by atoms with Gasteiger partial charge in [-0.1, -0.05) is 35.9 Å². The van der Waals surface area contributed by atoms with Gasteiger partial charge in [-0.2, -0.15) is 0 Å². The van der Waals surface area contributed by atoms with Gasteiger partial charge in [0, 0.05) is 17.1 Å². The number of nitrogens with zero attached hydrogens (tertiary/aromatic N) is 1. The molecule has 154 valence electrons. The zero-order chi connectivity index (χ0) is 21.3. The molecule has 1 aliphatic carbocycles. The molecule has 5 nitrogen and oxygen atoms in total. The van der Waals surface area contributed by atoms with E-state index in [0.29, 0.717) is 16.5 Å². The molecule has 3 aromatic rings. The Morgan fingerprint density at radius 2 is 1.70 bits per heavy atom. The number of hydrogen-bond acceptors (Lipinski definition) is 4. The number of para-hydroxylation sites is 1. The Labute approximate surface area is 176 Å². The first kappa shape index (κ1) is 20.2. The Morgan fingerprint density at radius 3 is 2.37 bits per heavy atom. The molecule has 0 unspecified atom stereocenters. The number of rotatable bonds is 4. The molecule has 1 saturated carbocycles. The summed E-state index contributed by atoms with van der Waals surface area (Å²) in [5.74, 6) is -0.523. The standard InChI is InChI=1S/C24H23NO4S/c1-17-11-13-19(14-12-17)30(27,28)25-16-22(20-9-5-6-10-23(20)25)21(24(26)29-2)15-18-7-3-4-8-18/h5-6,9-14,16H,3-4,7-8H2,1-2H3. The first-order valence-electron chi connectivity index (χ1n) is 9.91. The predicted octanol–water partition coefficient (Wildman–Crippen LogP) is 4.84. The van der Waals surface area contributed by atoms with Crippen LogP contribution in [0.2, 0.25) is 0 Å². The van der Waals surface area contributed by atoms with Crippen LogP contribution in [0.5, 0.6) is 0 Å². The summed E-state index contributed by atoms with van der Waals surface area (Å²) in [5.41, 5.74) is 6.56. The third kappa shape index (κ3) is 3.60. The molecule has 1 aromatic heterocycles. The molecule has 0 saturated heterocycles. The zero-order valence-corrected chi connectivity index (χ0v) is 17.8. The normalized spacial score (nSPS) is 14.0. The SMILES string of the molecule is COC(=O)C(=C=C1CCCC1)c1cn(S(=O)(=O)c2ccc(C)cc2)c2ccccc12. The second-order valence-electron chi connectivity index (χ2n) is 7.48. The number of aromatic nitrogens is 1. The molecular formula is C24H23NO4S. The fraction of sp³-hybridized carbons (Fsp3) is 0.250. The Kier molecular flexibility index (Phi) is 5.37. The molecule has 1 fully saturated rings. The summed E-state index contributed by atoms with van der Waals surface area (Å²) in [6.45, 7) is 1.91. The molecular weight excluding hydrogens is 398 g/mol. The van der Waals surface area contributed by atoms with E-state index in [0.717, 1.165) is 36.8 Å². The van der Waals surface area contributed by atoms with Crippen molar-refractivity contribution in [3.05, 3.63) is 77.2 Å². The number of aryl methyl sites for hydroxylation is 1. The number of carbonyl (C=O) groups excluding carboxylic acids is 1. The molecule has 0 bridgehead atoms. The van der Waals surface area contributed by atoms with E-state index in [9.17, 15) is 13.2 Å². The first-order valence-corrected chi connectivity index (χ1v) is 11.4. The van der Waals surface area contributed by atoms with E-state index in [1.807, 2.05) is 19.1 Å². The fourth-order valence-electron chi connectivity index (χ4n) is 3.81. The van der Waals surface area contributed by atoms with Crippen LogP contribution in [0, 0.1) is 6.92 Å². The number of methoxy groups -OCH3 is 1. The van der Waals surface area contributed by atoms with Crippen molar-refractivity contribution in [3.63, 3.8) is 0 Å². The maximum atomic E-state index is 13.4. The van der Waals surface area contributed by atoms with Crippen LogP contribution in [-0.2, 0) is 19.6 Å². The summed E-state index contributed by atoms with van der Waals surface area (Å²) in [6.07, 6.45) is 5.43. The molecule has 2 aromatic carbocycles. The molecule has 4 rings (SSSR count). The van der Waals surface area contributed by atoms with Crippen molar-refractivity contribution >= 4 is 32.5 Å². The highest BCUT2D eigenvalue weighted by molar-refractivity contribution is 7.90. The Hall–Kier alpha value is -3.08. The molecule has 0 N–H and O–H groups in total. The van der Waals surface area contributed by atoms with Crippen LogP contribution < -0.4 is 0 Å². The van der Waals surface area contributed by atoms with Crippen LogP contribution in [0.25, 0.3) is 16.5 Å². The van der Waals surface area contributed by atoms with Crippen LogP contribution >= 0.6 is 0 Å². The molecule has 0 radical (unpaired) electrons. The minimum Gasteiger partial charge on any atom is -0.465 e. The molecule has 0 atom stereocenters. The van der Waals surface area contributed by atoms with Gasteiger partial charge in [-0.3, -0.25) is 0 Å². The van der Waals surface area contributed by atoms with Crippen molar-refractivity contribution in [2.75, 3.05) is 7.11 Å². The third-order valence-corrected chi connectivity index (χ3v) is 7.11. The van der Waals surface area contributed by atoms with Gasteiger partial charge in [0.1, 0.15) is 5.57 Å². The van der Waals surface area contributed by atoms with Gasteiger partial charge in [-0.15, -0.1) is 5.73 Å². The lowest BCUT2D eigenvalue weighted by molar-refractivity contribution is -0.133. The van der Waals surface area contributed by atoms with Crippen molar-refractivity contribution in [2.45, 2.75) is 37.5 Å². The lowest BCUT2D eigenvalue weighted by atomic mass is 10.0. The van der Waals surface area contributed by atoms with E-state index in [1.54, 1.807) is 36.4 Å². The van der Waals surface area contributed by atoms with Crippen LogP contribution in [0.1, 0.15) is 36.8 Å². The number of fused-ring (bicyclic) bond motifs is 1. The first-order chi connectivity index (χ1) is 14.4. The van der Waals surface area contributed by atoms with E-state index in [1.165, 1.54) is 17.3 Å². The lowest BCUT2D eigenvalue weighted by Crippen LogP contribution is -2.12. The van der Waals surface area contributed by atoms with E-state index in [4.69, 9.17) is 4.74 Å².